The lowest BCUT2D eigenvalue weighted by Gasteiger charge is -2.20. The summed E-state index contributed by atoms with van der Waals surface area (Å²) in [6, 6.07) is 7.68. The van der Waals surface area contributed by atoms with Crippen LogP contribution in [0, 0.1) is 0 Å². The standard InChI is InChI=1S/C14H20FN/c1-4-13(14(16)9-15)12-7-5-11(6-8-12)10(2)3/h5-8,13-14H,2,4,9,16H2,1,3H3. The molecule has 1 aromatic carbocycles. The number of rotatable bonds is 5. The normalized spacial score (nSPS) is 14.5. The molecule has 0 aliphatic rings. The zero-order chi connectivity index (χ0) is 12.1. The van der Waals surface area contributed by atoms with E-state index in [9.17, 15) is 4.39 Å². The second-order valence-corrected chi connectivity index (χ2v) is 4.24. The first-order chi connectivity index (χ1) is 7.60. The van der Waals surface area contributed by atoms with Crippen molar-refractivity contribution in [2.75, 3.05) is 6.67 Å². The molecule has 2 heteroatoms. The van der Waals surface area contributed by atoms with Crippen LogP contribution in [0.5, 0.6) is 0 Å². The van der Waals surface area contributed by atoms with Gasteiger partial charge in [0.1, 0.15) is 6.67 Å². The van der Waals surface area contributed by atoms with Gasteiger partial charge in [0.2, 0.25) is 0 Å². The van der Waals surface area contributed by atoms with Gasteiger partial charge in [-0.05, 0) is 24.5 Å². The van der Waals surface area contributed by atoms with Crippen molar-refractivity contribution in [3.63, 3.8) is 0 Å². The Bertz CT molecular complexity index is 342. The largest absolute Gasteiger partial charge is 0.325 e. The topological polar surface area (TPSA) is 26.0 Å². The molecule has 2 unspecified atom stereocenters. The van der Waals surface area contributed by atoms with Crippen LogP contribution >= 0.6 is 0 Å². The average Bonchev–Trinajstić information content (AvgIpc) is 2.30. The van der Waals surface area contributed by atoms with E-state index in [1.165, 1.54) is 0 Å². The van der Waals surface area contributed by atoms with Crippen LogP contribution in [0.2, 0.25) is 0 Å². The van der Waals surface area contributed by atoms with Crippen molar-refractivity contribution in [3.05, 3.63) is 42.0 Å². The first-order valence-corrected chi connectivity index (χ1v) is 5.67. The van der Waals surface area contributed by atoms with E-state index in [1.807, 2.05) is 38.1 Å². The van der Waals surface area contributed by atoms with Gasteiger partial charge in [-0.15, -0.1) is 0 Å². The van der Waals surface area contributed by atoms with Crippen LogP contribution in [-0.2, 0) is 0 Å². The number of allylic oxidation sites excluding steroid dienone is 1. The lowest BCUT2D eigenvalue weighted by Crippen LogP contribution is -2.30. The Balaban J connectivity index is 2.90. The van der Waals surface area contributed by atoms with Gasteiger partial charge in [-0.2, -0.15) is 0 Å². The van der Waals surface area contributed by atoms with E-state index in [4.69, 9.17) is 5.73 Å². The maximum absolute atomic E-state index is 12.6. The highest BCUT2D eigenvalue weighted by Gasteiger charge is 2.17. The van der Waals surface area contributed by atoms with Gasteiger partial charge < -0.3 is 5.73 Å². The van der Waals surface area contributed by atoms with E-state index in [0.717, 1.165) is 23.1 Å². The maximum Gasteiger partial charge on any atom is 0.105 e. The number of nitrogens with two attached hydrogens (primary N) is 1. The highest BCUT2D eigenvalue weighted by atomic mass is 19.1. The van der Waals surface area contributed by atoms with Gasteiger partial charge in [-0.3, -0.25) is 0 Å². The number of hydrogen-bond donors (Lipinski definition) is 1. The summed E-state index contributed by atoms with van der Waals surface area (Å²) in [5.41, 5.74) is 9.03. The Kier molecular flexibility index (Phi) is 4.69. The lowest BCUT2D eigenvalue weighted by atomic mass is 9.89. The van der Waals surface area contributed by atoms with E-state index in [-0.39, 0.29) is 5.92 Å². The first kappa shape index (κ1) is 12.9. The molecule has 0 aliphatic carbocycles. The summed E-state index contributed by atoms with van der Waals surface area (Å²) >= 11 is 0. The van der Waals surface area contributed by atoms with Gasteiger partial charge in [0.15, 0.2) is 0 Å². The minimum Gasteiger partial charge on any atom is -0.325 e. The molecule has 0 aromatic heterocycles. The third kappa shape index (κ3) is 2.92. The van der Waals surface area contributed by atoms with Crippen LogP contribution in [0.25, 0.3) is 5.57 Å². The fraction of sp³-hybridized carbons (Fsp3) is 0.429. The molecule has 0 heterocycles. The summed E-state index contributed by atoms with van der Waals surface area (Å²) in [4.78, 5) is 0. The number of benzene rings is 1. The second-order valence-electron chi connectivity index (χ2n) is 4.24. The van der Waals surface area contributed by atoms with Crippen molar-refractivity contribution >= 4 is 5.57 Å². The van der Waals surface area contributed by atoms with Crippen molar-refractivity contribution in [2.24, 2.45) is 5.73 Å². The van der Waals surface area contributed by atoms with E-state index >= 15 is 0 Å². The van der Waals surface area contributed by atoms with Crippen molar-refractivity contribution in [1.82, 2.24) is 0 Å². The van der Waals surface area contributed by atoms with Crippen LogP contribution in [0.15, 0.2) is 30.8 Å². The molecule has 0 aliphatic heterocycles. The highest BCUT2D eigenvalue weighted by molar-refractivity contribution is 5.61. The Hall–Kier alpha value is -1.15. The van der Waals surface area contributed by atoms with E-state index < -0.39 is 12.7 Å². The Morgan fingerprint density at radius 2 is 1.94 bits per heavy atom. The molecule has 0 fully saturated rings. The SMILES string of the molecule is C=C(C)c1ccc(C(CC)C(N)CF)cc1. The van der Waals surface area contributed by atoms with Crippen molar-refractivity contribution in [1.29, 1.82) is 0 Å². The molecule has 0 saturated heterocycles. The summed E-state index contributed by atoms with van der Waals surface area (Å²) in [7, 11) is 0. The van der Waals surface area contributed by atoms with Gasteiger partial charge in [-0.1, -0.05) is 43.3 Å². The van der Waals surface area contributed by atoms with Crippen LogP contribution in [-0.4, -0.2) is 12.7 Å². The summed E-state index contributed by atoms with van der Waals surface area (Å²) in [6.07, 6.45) is 0.859. The molecular formula is C14H20FN. The molecule has 0 spiro atoms. The van der Waals surface area contributed by atoms with Gasteiger partial charge in [0.05, 0.1) is 0 Å². The monoisotopic (exact) mass is 221 g/mol. The smallest absolute Gasteiger partial charge is 0.105 e. The molecule has 2 N–H and O–H groups in total. The number of halogens is 1. The van der Waals surface area contributed by atoms with Crippen molar-refractivity contribution in [3.8, 4) is 0 Å². The molecular weight excluding hydrogens is 201 g/mol. The maximum atomic E-state index is 12.6. The van der Waals surface area contributed by atoms with Crippen LogP contribution in [0.1, 0.15) is 37.3 Å². The molecule has 1 nitrogen and oxygen atoms in total. The number of hydrogen-bond acceptors (Lipinski definition) is 1. The zero-order valence-electron chi connectivity index (χ0n) is 10.0. The first-order valence-electron chi connectivity index (χ1n) is 5.67. The minimum atomic E-state index is -0.471. The molecule has 16 heavy (non-hydrogen) atoms. The van der Waals surface area contributed by atoms with Gasteiger partial charge in [-0.25, -0.2) is 4.39 Å². The molecule has 0 saturated carbocycles. The Labute approximate surface area is 97.2 Å². The van der Waals surface area contributed by atoms with Crippen LogP contribution < -0.4 is 5.73 Å². The van der Waals surface area contributed by atoms with E-state index in [1.54, 1.807) is 0 Å². The molecule has 0 bridgehead atoms. The third-order valence-electron chi connectivity index (χ3n) is 2.97. The Morgan fingerprint density at radius 1 is 1.38 bits per heavy atom. The summed E-state index contributed by atoms with van der Waals surface area (Å²) in [5, 5.41) is 0. The highest BCUT2D eigenvalue weighted by Crippen LogP contribution is 2.24. The molecule has 2 atom stereocenters. The van der Waals surface area contributed by atoms with Gasteiger partial charge in [0, 0.05) is 12.0 Å². The Morgan fingerprint density at radius 3 is 2.31 bits per heavy atom. The van der Waals surface area contributed by atoms with Gasteiger partial charge in [0.25, 0.3) is 0 Å². The van der Waals surface area contributed by atoms with E-state index in [2.05, 4.69) is 6.58 Å². The third-order valence-corrected chi connectivity index (χ3v) is 2.97. The summed E-state index contributed by atoms with van der Waals surface area (Å²) in [5.74, 6) is 0.101. The average molecular weight is 221 g/mol. The number of alkyl halides is 1. The zero-order valence-corrected chi connectivity index (χ0v) is 10.0. The molecule has 1 aromatic rings. The minimum absolute atomic E-state index is 0.101. The van der Waals surface area contributed by atoms with Crippen LogP contribution in [0.3, 0.4) is 0 Å². The van der Waals surface area contributed by atoms with Crippen molar-refractivity contribution < 1.29 is 4.39 Å². The predicted molar refractivity (Wildman–Crippen MR) is 68.1 cm³/mol. The quantitative estimate of drug-likeness (QED) is 0.809. The second kappa shape index (κ2) is 5.80. The van der Waals surface area contributed by atoms with Crippen molar-refractivity contribution in [2.45, 2.75) is 32.2 Å². The molecule has 1 rings (SSSR count). The summed E-state index contributed by atoms with van der Waals surface area (Å²) in [6.45, 7) is 7.42. The predicted octanol–water partition coefficient (Wildman–Crippen LogP) is 3.51. The van der Waals surface area contributed by atoms with Crippen LogP contribution in [0.4, 0.5) is 4.39 Å². The molecule has 0 radical (unpaired) electrons. The van der Waals surface area contributed by atoms with E-state index in [0.29, 0.717) is 0 Å². The summed E-state index contributed by atoms with van der Waals surface area (Å²) < 4.78 is 12.6. The fourth-order valence-electron chi connectivity index (χ4n) is 1.91. The fourth-order valence-corrected chi connectivity index (χ4v) is 1.91. The van der Waals surface area contributed by atoms with Gasteiger partial charge >= 0.3 is 0 Å². The lowest BCUT2D eigenvalue weighted by molar-refractivity contribution is 0.380. The molecule has 0 amide bonds. The molecule has 88 valence electrons.